The summed E-state index contributed by atoms with van der Waals surface area (Å²) in [5, 5.41) is 28.8. The van der Waals surface area contributed by atoms with E-state index >= 15 is 0 Å². The van der Waals surface area contributed by atoms with Crippen molar-refractivity contribution in [3.8, 4) is 17.2 Å². The molecule has 0 radical (unpaired) electrons. The summed E-state index contributed by atoms with van der Waals surface area (Å²) in [6.07, 6.45) is 0.945. The number of hydrogen-bond donors (Lipinski definition) is 3. The largest absolute Gasteiger partial charge is 0.508 e. The second-order valence-electron chi connectivity index (χ2n) is 9.15. The quantitative estimate of drug-likeness (QED) is 0.403. The van der Waals surface area contributed by atoms with Crippen molar-refractivity contribution < 1.29 is 10.2 Å². The van der Waals surface area contributed by atoms with Crippen LogP contribution < -0.4 is 11.3 Å². The zero-order valence-corrected chi connectivity index (χ0v) is 20.0. The number of nitrogens with two attached hydrogens (primary N) is 1. The number of para-hydroxylation sites is 2. The van der Waals surface area contributed by atoms with Crippen LogP contribution in [0.3, 0.4) is 0 Å². The standard InChI is InChI=1S/C28H24N6O3/c1-16-6-4-7-17-12-19(34(28(37)23(16)17)21-10-2-3-11-22(21)36)14-33-27-24(26(29)30-15-31-27)25(32-33)18-8-5-9-20(35)13-18/h2-13,15,24,27,35-36H,14H2,1H3,(H2,29,30,31)/t24-,27?/m1/s1. The zero-order valence-electron chi connectivity index (χ0n) is 20.0. The van der Waals surface area contributed by atoms with Gasteiger partial charge in [-0.15, -0.1) is 0 Å². The maximum Gasteiger partial charge on any atom is 0.263 e. The Hall–Kier alpha value is -4.92. The number of rotatable bonds is 4. The molecule has 0 aliphatic carbocycles. The molecule has 3 heterocycles. The average Bonchev–Trinajstić information content (AvgIpc) is 3.25. The normalized spacial score (nSPS) is 18.6. The molecule has 0 fully saturated rings. The van der Waals surface area contributed by atoms with Crippen LogP contribution in [0.25, 0.3) is 16.5 Å². The van der Waals surface area contributed by atoms with Crippen LogP contribution in [-0.4, -0.2) is 43.8 Å². The number of nitrogens with zero attached hydrogens (tertiary/aromatic N) is 5. The minimum absolute atomic E-state index is 0.00546. The summed E-state index contributed by atoms with van der Waals surface area (Å²) in [6, 6.07) is 21.2. The van der Waals surface area contributed by atoms with Crippen LogP contribution in [-0.2, 0) is 6.54 Å². The van der Waals surface area contributed by atoms with E-state index in [0.29, 0.717) is 33.9 Å². The van der Waals surface area contributed by atoms with E-state index in [9.17, 15) is 15.0 Å². The number of aromatic hydroxyl groups is 2. The van der Waals surface area contributed by atoms with Crippen LogP contribution in [0, 0.1) is 12.8 Å². The molecule has 37 heavy (non-hydrogen) atoms. The molecule has 4 N–H and O–H groups in total. The van der Waals surface area contributed by atoms with Crippen LogP contribution >= 0.6 is 0 Å². The Morgan fingerprint density at radius 1 is 1.00 bits per heavy atom. The Balaban J connectivity index is 1.53. The Kier molecular flexibility index (Phi) is 5.26. The number of pyridine rings is 1. The number of aromatic nitrogens is 1. The number of fused-ring (bicyclic) bond motifs is 2. The van der Waals surface area contributed by atoms with Crippen molar-refractivity contribution in [3.05, 3.63) is 100.0 Å². The molecule has 2 atom stereocenters. The Bertz CT molecular complexity index is 1700. The molecule has 0 saturated carbocycles. The van der Waals surface area contributed by atoms with Crippen molar-refractivity contribution in [3.63, 3.8) is 0 Å². The maximum atomic E-state index is 13.9. The van der Waals surface area contributed by atoms with Crippen LogP contribution in [0.15, 0.2) is 92.7 Å². The lowest BCUT2D eigenvalue weighted by molar-refractivity contribution is 0.210. The van der Waals surface area contributed by atoms with Crippen molar-refractivity contribution in [2.24, 2.45) is 26.7 Å². The highest BCUT2D eigenvalue weighted by Gasteiger charge is 2.42. The fourth-order valence-electron chi connectivity index (χ4n) is 5.10. The third-order valence-electron chi connectivity index (χ3n) is 6.80. The van der Waals surface area contributed by atoms with E-state index in [4.69, 9.17) is 10.8 Å². The molecule has 3 aromatic carbocycles. The Morgan fingerprint density at radius 3 is 2.62 bits per heavy atom. The summed E-state index contributed by atoms with van der Waals surface area (Å²) in [4.78, 5) is 22.6. The first-order valence-corrected chi connectivity index (χ1v) is 11.8. The lowest BCUT2D eigenvalue weighted by Crippen LogP contribution is -2.42. The molecule has 6 rings (SSSR count). The van der Waals surface area contributed by atoms with Gasteiger partial charge in [-0.3, -0.25) is 14.4 Å². The average molecular weight is 493 g/mol. The minimum atomic E-state index is -0.476. The van der Waals surface area contributed by atoms with Gasteiger partial charge in [0, 0.05) is 11.3 Å². The minimum Gasteiger partial charge on any atom is -0.508 e. The van der Waals surface area contributed by atoms with Crippen molar-refractivity contribution >= 4 is 28.7 Å². The second kappa shape index (κ2) is 8.63. The van der Waals surface area contributed by atoms with Gasteiger partial charge in [0.2, 0.25) is 0 Å². The number of aliphatic imine (C=N–C) groups is 2. The van der Waals surface area contributed by atoms with Crippen molar-refractivity contribution in [2.75, 3.05) is 0 Å². The van der Waals surface area contributed by atoms with Crippen LogP contribution in [0.1, 0.15) is 16.8 Å². The molecular formula is C28H24N6O3. The Labute approximate surface area is 212 Å². The molecule has 9 heteroatoms. The van der Waals surface area contributed by atoms with Gasteiger partial charge in [0.05, 0.1) is 23.3 Å². The number of amidine groups is 1. The van der Waals surface area contributed by atoms with Crippen molar-refractivity contribution in [2.45, 2.75) is 19.6 Å². The number of aryl methyl sites for hydroxylation is 1. The van der Waals surface area contributed by atoms with E-state index in [1.807, 2.05) is 37.3 Å². The summed E-state index contributed by atoms with van der Waals surface area (Å²) in [6.45, 7) is 2.11. The SMILES string of the molecule is Cc1cccc2cc(CN3N=C(c4cccc(O)c4)[C@@H]4C(N)=NC=NC43)n(-c3ccccc3O)c(=O)c12. The molecule has 2 aliphatic heterocycles. The molecular weight excluding hydrogens is 468 g/mol. The van der Waals surface area contributed by atoms with E-state index < -0.39 is 12.1 Å². The second-order valence-corrected chi connectivity index (χ2v) is 9.15. The van der Waals surface area contributed by atoms with E-state index in [1.165, 1.54) is 10.9 Å². The topological polar surface area (TPSA) is 129 Å². The van der Waals surface area contributed by atoms with E-state index in [2.05, 4.69) is 9.98 Å². The highest BCUT2D eigenvalue weighted by molar-refractivity contribution is 6.17. The van der Waals surface area contributed by atoms with Gasteiger partial charge >= 0.3 is 0 Å². The fourth-order valence-corrected chi connectivity index (χ4v) is 5.10. The smallest absolute Gasteiger partial charge is 0.263 e. The summed E-state index contributed by atoms with van der Waals surface area (Å²) in [5.74, 6) is 0.0639. The first-order chi connectivity index (χ1) is 17.9. The van der Waals surface area contributed by atoms with E-state index in [1.54, 1.807) is 47.5 Å². The third-order valence-corrected chi connectivity index (χ3v) is 6.80. The van der Waals surface area contributed by atoms with E-state index in [0.717, 1.165) is 10.9 Å². The van der Waals surface area contributed by atoms with Crippen LogP contribution in [0.2, 0.25) is 0 Å². The van der Waals surface area contributed by atoms with Crippen molar-refractivity contribution in [1.82, 2.24) is 9.58 Å². The molecule has 0 amide bonds. The molecule has 0 bridgehead atoms. The summed E-state index contributed by atoms with van der Waals surface area (Å²) in [7, 11) is 0. The molecule has 0 saturated heterocycles. The van der Waals surface area contributed by atoms with Crippen LogP contribution in [0.4, 0.5) is 0 Å². The van der Waals surface area contributed by atoms with Crippen molar-refractivity contribution in [1.29, 1.82) is 0 Å². The molecule has 4 aromatic rings. The van der Waals surface area contributed by atoms with Gasteiger partial charge in [0.25, 0.3) is 5.56 Å². The molecule has 2 aliphatic rings. The third kappa shape index (κ3) is 3.72. The predicted octanol–water partition coefficient (Wildman–Crippen LogP) is 3.27. The number of hydrogen-bond acceptors (Lipinski definition) is 8. The Morgan fingerprint density at radius 2 is 1.81 bits per heavy atom. The first-order valence-electron chi connectivity index (χ1n) is 11.8. The van der Waals surface area contributed by atoms with Gasteiger partial charge in [-0.25, -0.2) is 9.98 Å². The summed E-state index contributed by atoms with van der Waals surface area (Å²) in [5.41, 5.74) is 9.27. The molecule has 0 spiro atoms. The highest BCUT2D eigenvalue weighted by atomic mass is 16.3. The summed E-state index contributed by atoms with van der Waals surface area (Å²) < 4.78 is 1.53. The van der Waals surface area contributed by atoms with Gasteiger partial charge in [-0.05, 0) is 48.2 Å². The maximum absolute atomic E-state index is 13.9. The first kappa shape index (κ1) is 22.5. The lowest BCUT2D eigenvalue weighted by Gasteiger charge is -2.27. The van der Waals surface area contributed by atoms with Gasteiger partial charge in [0.1, 0.15) is 29.6 Å². The zero-order chi connectivity index (χ0) is 25.7. The number of phenolic OH excluding ortho intramolecular Hbond substituents is 2. The summed E-state index contributed by atoms with van der Waals surface area (Å²) >= 11 is 0. The van der Waals surface area contributed by atoms with Gasteiger partial charge in [0.15, 0.2) is 6.17 Å². The van der Waals surface area contributed by atoms with E-state index in [-0.39, 0.29) is 23.6 Å². The highest BCUT2D eigenvalue weighted by Crippen LogP contribution is 2.32. The predicted molar refractivity (Wildman–Crippen MR) is 144 cm³/mol. The molecule has 9 nitrogen and oxygen atoms in total. The van der Waals surface area contributed by atoms with Gasteiger partial charge < -0.3 is 15.9 Å². The molecule has 1 unspecified atom stereocenters. The molecule has 184 valence electrons. The lowest BCUT2D eigenvalue weighted by atomic mass is 9.93. The van der Waals surface area contributed by atoms with Crippen LogP contribution in [0.5, 0.6) is 11.5 Å². The number of hydrazone groups is 1. The number of phenols is 2. The van der Waals surface area contributed by atoms with Gasteiger partial charge in [-0.1, -0.05) is 42.5 Å². The monoisotopic (exact) mass is 492 g/mol. The van der Waals surface area contributed by atoms with Gasteiger partial charge in [-0.2, -0.15) is 5.10 Å². The molecule has 1 aromatic heterocycles. The number of benzene rings is 3. The fraction of sp³-hybridized carbons (Fsp3) is 0.143.